The van der Waals surface area contributed by atoms with Crippen LogP contribution in [0.1, 0.15) is 59.7 Å². The quantitative estimate of drug-likeness (QED) is 0.872. The maximum absolute atomic E-state index is 10.7. The Bertz CT molecular complexity index is 549. The van der Waals surface area contributed by atoms with Gasteiger partial charge in [-0.15, -0.1) is 11.3 Å². The Morgan fingerprint density at radius 2 is 2.20 bits per heavy atom. The Labute approximate surface area is 124 Å². The van der Waals surface area contributed by atoms with Gasteiger partial charge < -0.3 is 5.11 Å². The molecular weight excluding hydrogens is 268 g/mol. The molecule has 0 aliphatic heterocycles. The lowest BCUT2D eigenvalue weighted by Crippen LogP contribution is -2.09. The Kier molecular flexibility index (Phi) is 4.22. The topological polar surface area (TPSA) is 38.0 Å². The van der Waals surface area contributed by atoms with E-state index in [4.69, 9.17) is 0 Å². The summed E-state index contributed by atoms with van der Waals surface area (Å²) in [5.74, 6) is 0. The molecule has 0 amide bonds. The van der Waals surface area contributed by atoms with Gasteiger partial charge in [0.25, 0.3) is 0 Å². The third-order valence-corrected chi connectivity index (χ3v) is 5.29. The molecule has 1 N–H and O–H groups in total. The summed E-state index contributed by atoms with van der Waals surface area (Å²) in [4.78, 5) is 2.56. The highest BCUT2D eigenvalue weighted by atomic mass is 32.1. The normalized spacial score (nSPS) is 16.7. The summed E-state index contributed by atoms with van der Waals surface area (Å²) in [6, 6.07) is 4.16. The van der Waals surface area contributed by atoms with Crippen molar-refractivity contribution >= 4 is 11.3 Å². The molecule has 2 aromatic heterocycles. The van der Waals surface area contributed by atoms with E-state index in [-0.39, 0.29) is 0 Å². The Morgan fingerprint density at radius 1 is 1.35 bits per heavy atom. The second-order valence-corrected chi connectivity index (χ2v) is 6.71. The molecule has 0 spiro atoms. The summed E-state index contributed by atoms with van der Waals surface area (Å²) >= 11 is 1.79. The molecule has 0 bridgehead atoms. The fraction of sp³-hybridized carbons (Fsp3) is 0.562. The van der Waals surface area contributed by atoms with Gasteiger partial charge in [0.2, 0.25) is 0 Å². The van der Waals surface area contributed by atoms with Gasteiger partial charge in [-0.3, -0.25) is 4.68 Å². The summed E-state index contributed by atoms with van der Waals surface area (Å²) in [5.41, 5.74) is 2.38. The molecule has 20 heavy (non-hydrogen) atoms. The van der Waals surface area contributed by atoms with Crippen molar-refractivity contribution in [1.82, 2.24) is 9.78 Å². The fourth-order valence-corrected chi connectivity index (χ4v) is 4.20. The van der Waals surface area contributed by atoms with Crippen molar-refractivity contribution in [3.8, 4) is 0 Å². The second kappa shape index (κ2) is 6.10. The summed E-state index contributed by atoms with van der Waals surface area (Å²) in [6.07, 6.45) is 8.55. The molecule has 1 aliphatic carbocycles. The molecule has 0 radical (unpaired) electrons. The first kappa shape index (κ1) is 13.8. The molecule has 0 fully saturated rings. The lowest BCUT2D eigenvalue weighted by molar-refractivity contribution is 0.211. The highest BCUT2D eigenvalue weighted by Gasteiger charge is 2.20. The zero-order valence-corrected chi connectivity index (χ0v) is 12.8. The van der Waals surface area contributed by atoms with Crippen molar-refractivity contribution in [3.63, 3.8) is 0 Å². The number of fused-ring (bicyclic) bond motifs is 1. The zero-order chi connectivity index (χ0) is 13.9. The SMILES string of the molecule is CCCn1nccc1C(O)c1cc2c(s1)CCCCC2. The minimum absolute atomic E-state index is 0.527. The number of aliphatic hydroxyl groups is 1. The average Bonchev–Trinajstić information content (AvgIpc) is 3.01. The van der Waals surface area contributed by atoms with Crippen LogP contribution >= 0.6 is 11.3 Å². The van der Waals surface area contributed by atoms with Crippen LogP contribution in [-0.2, 0) is 19.4 Å². The molecule has 2 heterocycles. The number of aliphatic hydroxyl groups excluding tert-OH is 1. The Hall–Kier alpha value is -1.13. The number of thiophene rings is 1. The molecule has 1 atom stereocenters. The first-order chi connectivity index (χ1) is 9.79. The highest BCUT2D eigenvalue weighted by molar-refractivity contribution is 7.12. The number of hydrogen-bond acceptors (Lipinski definition) is 3. The molecule has 108 valence electrons. The molecule has 3 nitrogen and oxygen atoms in total. The number of rotatable bonds is 4. The van der Waals surface area contributed by atoms with Gasteiger partial charge >= 0.3 is 0 Å². The van der Waals surface area contributed by atoms with Crippen molar-refractivity contribution < 1.29 is 5.11 Å². The lowest BCUT2D eigenvalue weighted by atomic mass is 10.1. The van der Waals surface area contributed by atoms with Crippen LogP contribution in [0.25, 0.3) is 0 Å². The Morgan fingerprint density at radius 3 is 3.05 bits per heavy atom. The molecule has 0 saturated heterocycles. The molecule has 1 unspecified atom stereocenters. The van der Waals surface area contributed by atoms with Crippen molar-refractivity contribution in [2.45, 2.75) is 58.1 Å². The van der Waals surface area contributed by atoms with E-state index in [0.717, 1.165) is 23.5 Å². The monoisotopic (exact) mass is 290 g/mol. The maximum atomic E-state index is 10.7. The summed E-state index contributed by atoms with van der Waals surface area (Å²) in [5, 5.41) is 15.0. The van der Waals surface area contributed by atoms with Crippen LogP contribution in [0.4, 0.5) is 0 Å². The van der Waals surface area contributed by atoms with E-state index < -0.39 is 6.10 Å². The van der Waals surface area contributed by atoms with Gasteiger partial charge in [0.15, 0.2) is 0 Å². The van der Waals surface area contributed by atoms with Crippen LogP contribution in [0.15, 0.2) is 18.3 Å². The van der Waals surface area contributed by atoms with Gasteiger partial charge in [0.05, 0.1) is 5.69 Å². The van der Waals surface area contributed by atoms with Gasteiger partial charge in [-0.2, -0.15) is 5.10 Å². The van der Waals surface area contributed by atoms with E-state index in [1.165, 1.54) is 42.5 Å². The smallest absolute Gasteiger partial charge is 0.130 e. The van der Waals surface area contributed by atoms with Gasteiger partial charge in [-0.1, -0.05) is 13.3 Å². The van der Waals surface area contributed by atoms with Crippen LogP contribution in [0.3, 0.4) is 0 Å². The zero-order valence-electron chi connectivity index (χ0n) is 12.0. The summed E-state index contributed by atoms with van der Waals surface area (Å²) in [7, 11) is 0. The van der Waals surface area contributed by atoms with Crippen molar-refractivity contribution in [2.75, 3.05) is 0 Å². The molecule has 0 saturated carbocycles. The highest BCUT2D eigenvalue weighted by Crippen LogP contribution is 2.34. The first-order valence-electron chi connectivity index (χ1n) is 7.61. The predicted molar refractivity (Wildman–Crippen MR) is 82.2 cm³/mol. The minimum Gasteiger partial charge on any atom is -0.381 e. The lowest BCUT2D eigenvalue weighted by Gasteiger charge is -2.11. The molecule has 1 aliphatic rings. The van der Waals surface area contributed by atoms with Gasteiger partial charge in [0.1, 0.15) is 6.10 Å². The van der Waals surface area contributed by atoms with E-state index >= 15 is 0 Å². The van der Waals surface area contributed by atoms with Crippen molar-refractivity contribution in [1.29, 1.82) is 0 Å². The standard InChI is InChI=1S/C16H22N2OS/c1-2-10-18-13(8-9-17-18)16(19)15-11-12-6-4-3-5-7-14(12)20-15/h8-9,11,16,19H,2-7,10H2,1H3. The summed E-state index contributed by atoms with van der Waals surface area (Å²) in [6.45, 7) is 3.00. The largest absolute Gasteiger partial charge is 0.381 e. The van der Waals surface area contributed by atoms with E-state index in [9.17, 15) is 5.11 Å². The van der Waals surface area contributed by atoms with Crippen LogP contribution in [0.2, 0.25) is 0 Å². The molecule has 4 heteroatoms. The van der Waals surface area contributed by atoms with E-state index in [2.05, 4.69) is 18.1 Å². The van der Waals surface area contributed by atoms with Gasteiger partial charge in [-0.25, -0.2) is 0 Å². The number of aromatic nitrogens is 2. The van der Waals surface area contributed by atoms with Crippen LogP contribution in [0, 0.1) is 0 Å². The van der Waals surface area contributed by atoms with Crippen molar-refractivity contribution in [2.24, 2.45) is 0 Å². The first-order valence-corrected chi connectivity index (χ1v) is 8.42. The third kappa shape index (κ3) is 2.67. The van der Waals surface area contributed by atoms with Gasteiger partial charge in [0, 0.05) is 22.5 Å². The summed E-state index contributed by atoms with van der Waals surface area (Å²) < 4.78 is 1.93. The third-order valence-electron chi connectivity index (χ3n) is 4.00. The molecule has 0 aromatic carbocycles. The van der Waals surface area contributed by atoms with Crippen LogP contribution in [-0.4, -0.2) is 14.9 Å². The van der Waals surface area contributed by atoms with Crippen molar-refractivity contribution in [3.05, 3.63) is 39.3 Å². The van der Waals surface area contributed by atoms with Gasteiger partial charge in [-0.05, 0) is 49.8 Å². The fourth-order valence-electron chi connectivity index (χ4n) is 2.94. The number of aryl methyl sites for hydroxylation is 3. The molecular formula is C16H22N2OS. The van der Waals surface area contributed by atoms with Crippen LogP contribution < -0.4 is 0 Å². The number of hydrogen-bond donors (Lipinski definition) is 1. The number of nitrogens with zero attached hydrogens (tertiary/aromatic N) is 2. The van der Waals surface area contributed by atoms with Crippen LogP contribution in [0.5, 0.6) is 0 Å². The van der Waals surface area contributed by atoms with E-state index in [1.807, 2.05) is 10.7 Å². The average molecular weight is 290 g/mol. The Balaban J connectivity index is 1.86. The minimum atomic E-state index is -0.527. The van der Waals surface area contributed by atoms with E-state index in [1.54, 1.807) is 17.5 Å². The molecule has 3 rings (SSSR count). The predicted octanol–water partition coefficient (Wildman–Crippen LogP) is 3.71. The van der Waals surface area contributed by atoms with E-state index in [0.29, 0.717) is 0 Å². The maximum Gasteiger partial charge on any atom is 0.130 e. The second-order valence-electron chi connectivity index (χ2n) is 5.54. The molecule has 2 aromatic rings.